The molecule has 1 amide bonds. The van der Waals surface area contributed by atoms with Gasteiger partial charge in [-0.05, 0) is 55.7 Å². The van der Waals surface area contributed by atoms with Gasteiger partial charge in [0, 0.05) is 23.7 Å². The fourth-order valence-electron chi connectivity index (χ4n) is 3.76. The molecule has 3 aromatic rings. The van der Waals surface area contributed by atoms with Crippen molar-refractivity contribution in [1.82, 2.24) is 15.0 Å². The van der Waals surface area contributed by atoms with Gasteiger partial charge in [-0.3, -0.25) is 4.79 Å². The minimum absolute atomic E-state index is 0.119. The molecule has 8 nitrogen and oxygen atoms in total. The molecule has 8 heteroatoms. The predicted molar refractivity (Wildman–Crippen MR) is 113 cm³/mol. The monoisotopic (exact) mass is 423 g/mol. The summed E-state index contributed by atoms with van der Waals surface area (Å²) < 4.78 is 21.4. The van der Waals surface area contributed by atoms with Crippen LogP contribution in [-0.4, -0.2) is 48.8 Å². The van der Waals surface area contributed by atoms with Crippen LogP contribution in [0.2, 0.25) is 0 Å². The third kappa shape index (κ3) is 4.33. The topological polar surface area (TPSA) is 86.9 Å². The molecule has 0 N–H and O–H groups in total. The van der Waals surface area contributed by atoms with Gasteiger partial charge in [0.1, 0.15) is 23.3 Å². The van der Waals surface area contributed by atoms with E-state index < -0.39 is 0 Å². The van der Waals surface area contributed by atoms with Crippen LogP contribution >= 0.6 is 0 Å². The summed E-state index contributed by atoms with van der Waals surface area (Å²) in [7, 11) is 4.74. The molecule has 0 bridgehead atoms. The van der Waals surface area contributed by atoms with Crippen molar-refractivity contribution in [2.45, 2.75) is 25.3 Å². The number of aromatic nitrogens is 2. The maximum Gasteiger partial charge on any atom is 0.254 e. The Balaban J connectivity index is 1.61. The molecule has 1 aliphatic heterocycles. The third-order valence-electron chi connectivity index (χ3n) is 5.44. The Hall–Kier alpha value is -3.55. The van der Waals surface area contributed by atoms with Crippen LogP contribution in [-0.2, 0) is 0 Å². The summed E-state index contributed by atoms with van der Waals surface area (Å²) in [6.07, 6.45) is 2.66. The largest absolute Gasteiger partial charge is 0.497 e. The standard InChI is InChI=1S/C23H25N3O5/c1-28-17-9-7-15(8-10-17)21-24-22(31-25-21)20-6-4-5-11-26(20)23(27)16-12-18(29-2)14-19(13-16)30-3/h7-10,12-14,20H,4-6,11H2,1-3H3/t20-/m1/s1. The zero-order valence-corrected chi connectivity index (χ0v) is 17.8. The Labute approximate surface area is 180 Å². The smallest absolute Gasteiger partial charge is 0.254 e. The van der Waals surface area contributed by atoms with Gasteiger partial charge in [0.15, 0.2) is 0 Å². The second-order valence-electron chi connectivity index (χ2n) is 7.30. The van der Waals surface area contributed by atoms with E-state index in [2.05, 4.69) is 10.1 Å². The molecule has 162 valence electrons. The van der Waals surface area contributed by atoms with Gasteiger partial charge in [-0.2, -0.15) is 4.98 Å². The van der Waals surface area contributed by atoms with Gasteiger partial charge in [-0.25, -0.2) is 0 Å². The lowest BCUT2D eigenvalue weighted by molar-refractivity contribution is 0.0560. The van der Waals surface area contributed by atoms with E-state index in [4.69, 9.17) is 18.7 Å². The van der Waals surface area contributed by atoms with E-state index in [0.29, 0.717) is 35.3 Å². The maximum absolute atomic E-state index is 13.4. The lowest BCUT2D eigenvalue weighted by atomic mass is 10.0. The number of piperidine rings is 1. The first kappa shape index (κ1) is 20.7. The molecular weight excluding hydrogens is 398 g/mol. The average Bonchev–Trinajstić information content (AvgIpc) is 3.33. The van der Waals surface area contributed by atoms with Crippen LogP contribution in [0.4, 0.5) is 0 Å². The average molecular weight is 423 g/mol. The first-order valence-electron chi connectivity index (χ1n) is 10.1. The SMILES string of the molecule is COc1ccc(-c2noc([C@H]3CCCCN3C(=O)c3cc(OC)cc(OC)c3)n2)cc1. The molecule has 2 aromatic carbocycles. The van der Waals surface area contributed by atoms with Crippen molar-refractivity contribution >= 4 is 5.91 Å². The molecule has 1 atom stereocenters. The Bertz CT molecular complexity index is 1030. The molecular formula is C23H25N3O5. The summed E-state index contributed by atoms with van der Waals surface area (Å²) in [5.74, 6) is 2.69. The van der Waals surface area contributed by atoms with Gasteiger partial charge in [-0.1, -0.05) is 5.16 Å². The Morgan fingerprint density at radius 2 is 1.65 bits per heavy atom. The molecule has 4 rings (SSSR count). The number of hydrogen-bond acceptors (Lipinski definition) is 7. The highest BCUT2D eigenvalue weighted by molar-refractivity contribution is 5.95. The first-order valence-corrected chi connectivity index (χ1v) is 10.1. The number of amides is 1. The molecule has 1 fully saturated rings. The molecule has 1 aromatic heterocycles. The molecule has 0 saturated carbocycles. The number of methoxy groups -OCH3 is 3. The molecule has 0 radical (unpaired) electrons. The highest BCUT2D eigenvalue weighted by Gasteiger charge is 2.33. The Morgan fingerprint density at radius 3 is 2.29 bits per heavy atom. The summed E-state index contributed by atoms with van der Waals surface area (Å²) >= 11 is 0. The highest BCUT2D eigenvalue weighted by Crippen LogP contribution is 2.33. The van der Waals surface area contributed by atoms with Crippen LogP contribution in [0.25, 0.3) is 11.4 Å². The van der Waals surface area contributed by atoms with E-state index >= 15 is 0 Å². The van der Waals surface area contributed by atoms with Crippen molar-refractivity contribution in [1.29, 1.82) is 0 Å². The van der Waals surface area contributed by atoms with Crippen molar-refractivity contribution in [3.63, 3.8) is 0 Å². The lowest BCUT2D eigenvalue weighted by Gasteiger charge is -2.33. The number of carbonyl (C=O) groups is 1. The summed E-state index contributed by atoms with van der Waals surface area (Å²) in [6, 6.07) is 12.3. The Morgan fingerprint density at radius 1 is 0.968 bits per heavy atom. The van der Waals surface area contributed by atoms with Crippen LogP contribution in [0, 0.1) is 0 Å². The molecule has 1 aliphatic rings. The number of nitrogens with zero attached hydrogens (tertiary/aromatic N) is 3. The third-order valence-corrected chi connectivity index (χ3v) is 5.44. The first-order chi connectivity index (χ1) is 15.1. The molecule has 31 heavy (non-hydrogen) atoms. The summed E-state index contributed by atoms with van der Waals surface area (Å²) in [5.41, 5.74) is 1.32. The number of benzene rings is 2. The quantitative estimate of drug-likeness (QED) is 0.589. The van der Waals surface area contributed by atoms with Crippen molar-refractivity contribution < 1.29 is 23.5 Å². The zero-order chi connectivity index (χ0) is 21.8. The van der Waals surface area contributed by atoms with Crippen molar-refractivity contribution in [2.24, 2.45) is 0 Å². The van der Waals surface area contributed by atoms with Crippen molar-refractivity contribution in [3.8, 4) is 28.6 Å². The minimum Gasteiger partial charge on any atom is -0.497 e. The van der Waals surface area contributed by atoms with Gasteiger partial charge in [0.25, 0.3) is 5.91 Å². The van der Waals surface area contributed by atoms with Crippen LogP contribution in [0.1, 0.15) is 41.6 Å². The summed E-state index contributed by atoms with van der Waals surface area (Å²) in [4.78, 5) is 19.8. The summed E-state index contributed by atoms with van der Waals surface area (Å²) in [6.45, 7) is 0.614. The van der Waals surface area contributed by atoms with Crippen LogP contribution in [0.5, 0.6) is 17.2 Å². The normalized spacial score (nSPS) is 16.1. The second kappa shape index (κ2) is 9.07. The van der Waals surface area contributed by atoms with Gasteiger partial charge < -0.3 is 23.6 Å². The number of hydrogen-bond donors (Lipinski definition) is 0. The van der Waals surface area contributed by atoms with E-state index in [1.165, 1.54) is 0 Å². The Kier molecular flexibility index (Phi) is 6.06. The number of ether oxygens (including phenoxy) is 3. The highest BCUT2D eigenvalue weighted by atomic mass is 16.5. The molecule has 0 unspecified atom stereocenters. The predicted octanol–water partition coefficient (Wildman–Crippen LogP) is 4.13. The number of rotatable bonds is 6. The van der Waals surface area contributed by atoms with Crippen LogP contribution in [0.15, 0.2) is 47.0 Å². The lowest BCUT2D eigenvalue weighted by Crippen LogP contribution is -2.38. The molecule has 0 spiro atoms. The molecule has 2 heterocycles. The second-order valence-corrected chi connectivity index (χ2v) is 7.30. The van der Waals surface area contributed by atoms with E-state index in [1.807, 2.05) is 24.3 Å². The van der Waals surface area contributed by atoms with Gasteiger partial charge in [0.2, 0.25) is 11.7 Å². The van der Waals surface area contributed by atoms with Gasteiger partial charge in [0.05, 0.1) is 21.3 Å². The number of carbonyl (C=O) groups excluding carboxylic acids is 1. The fourth-order valence-corrected chi connectivity index (χ4v) is 3.76. The van der Waals surface area contributed by atoms with Gasteiger partial charge >= 0.3 is 0 Å². The zero-order valence-electron chi connectivity index (χ0n) is 17.8. The summed E-state index contributed by atoms with van der Waals surface area (Å²) in [5, 5.41) is 4.13. The van der Waals surface area contributed by atoms with Gasteiger partial charge in [-0.15, -0.1) is 0 Å². The fraction of sp³-hybridized carbons (Fsp3) is 0.348. The minimum atomic E-state index is -0.280. The molecule has 0 aliphatic carbocycles. The van der Waals surface area contributed by atoms with E-state index in [1.54, 1.807) is 44.4 Å². The van der Waals surface area contributed by atoms with Crippen LogP contribution in [0.3, 0.4) is 0 Å². The van der Waals surface area contributed by atoms with Crippen LogP contribution < -0.4 is 14.2 Å². The van der Waals surface area contributed by atoms with E-state index in [0.717, 1.165) is 30.6 Å². The van der Waals surface area contributed by atoms with E-state index in [9.17, 15) is 4.79 Å². The van der Waals surface area contributed by atoms with E-state index in [-0.39, 0.29) is 11.9 Å². The number of likely N-dealkylation sites (tertiary alicyclic amines) is 1. The van der Waals surface area contributed by atoms with Crippen molar-refractivity contribution in [3.05, 3.63) is 53.9 Å². The van der Waals surface area contributed by atoms with Crippen molar-refractivity contribution in [2.75, 3.05) is 27.9 Å². The molecule has 1 saturated heterocycles. The maximum atomic E-state index is 13.4.